The molecule has 2 aliphatic heterocycles. The first-order valence-corrected chi connectivity index (χ1v) is 10.1. The first-order chi connectivity index (χ1) is 10.6. The van der Waals surface area contributed by atoms with Gasteiger partial charge in [0.1, 0.15) is 0 Å². The summed E-state index contributed by atoms with van der Waals surface area (Å²) in [6.45, 7) is 11.1. The van der Waals surface area contributed by atoms with Crippen LogP contribution in [0.3, 0.4) is 0 Å². The van der Waals surface area contributed by atoms with Crippen molar-refractivity contribution in [2.45, 2.75) is 90.8 Å². The molecule has 0 amide bonds. The summed E-state index contributed by atoms with van der Waals surface area (Å²) in [4.78, 5) is 0. The van der Waals surface area contributed by atoms with Crippen LogP contribution >= 0.6 is 0 Å². The number of hydrogen-bond acceptors (Lipinski definition) is 2. The average molecular weight is 307 g/mol. The van der Waals surface area contributed by atoms with Gasteiger partial charge in [0.05, 0.1) is 0 Å². The van der Waals surface area contributed by atoms with E-state index in [2.05, 4.69) is 38.3 Å². The van der Waals surface area contributed by atoms with Gasteiger partial charge in [0.2, 0.25) is 0 Å². The van der Waals surface area contributed by atoms with Gasteiger partial charge in [0, 0.05) is 18.1 Å². The van der Waals surface area contributed by atoms with Gasteiger partial charge >= 0.3 is 0 Å². The van der Waals surface area contributed by atoms with Crippen LogP contribution < -0.4 is 10.6 Å². The van der Waals surface area contributed by atoms with E-state index in [1.54, 1.807) is 0 Å². The van der Waals surface area contributed by atoms with E-state index in [0.717, 1.165) is 47.7 Å². The van der Waals surface area contributed by atoms with E-state index in [1.165, 1.54) is 51.5 Å². The van der Waals surface area contributed by atoms with Crippen LogP contribution in [0.15, 0.2) is 0 Å². The van der Waals surface area contributed by atoms with Gasteiger partial charge in [-0.1, -0.05) is 33.6 Å². The van der Waals surface area contributed by atoms with Crippen molar-refractivity contribution in [3.63, 3.8) is 0 Å². The molecule has 3 aliphatic rings. The van der Waals surface area contributed by atoms with E-state index in [9.17, 15) is 0 Å². The minimum atomic E-state index is 0.730. The lowest BCUT2D eigenvalue weighted by Crippen LogP contribution is -2.51. The van der Waals surface area contributed by atoms with Crippen LogP contribution in [0.1, 0.15) is 72.6 Å². The third kappa shape index (κ3) is 3.24. The highest BCUT2D eigenvalue weighted by atomic mass is 15.0. The third-order valence-corrected chi connectivity index (χ3v) is 7.50. The number of nitrogens with one attached hydrogen (secondary N) is 2. The Morgan fingerprint density at radius 1 is 1.00 bits per heavy atom. The second kappa shape index (κ2) is 7.21. The zero-order valence-electron chi connectivity index (χ0n) is 15.3. The molecule has 0 radical (unpaired) electrons. The van der Waals surface area contributed by atoms with Crippen molar-refractivity contribution < 1.29 is 0 Å². The van der Waals surface area contributed by atoms with E-state index >= 15 is 0 Å². The maximum Gasteiger partial charge on any atom is 0.00986 e. The summed E-state index contributed by atoms with van der Waals surface area (Å²) in [5.74, 6) is 4.59. The molecule has 8 atom stereocenters. The topological polar surface area (TPSA) is 24.1 Å². The van der Waals surface area contributed by atoms with Crippen LogP contribution in [0, 0.1) is 29.6 Å². The molecule has 128 valence electrons. The number of piperidine rings is 1. The van der Waals surface area contributed by atoms with Gasteiger partial charge < -0.3 is 10.6 Å². The van der Waals surface area contributed by atoms with E-state index in [0.29, 0.717) is 0 Å². The fourth-order valence-corrected chi connectivity index (χ4v) is 5.98. The molecule has 0 bridgehead atoms. The summed E-state index contributed by atoms with van der Waals surface area (Å²) in [7, 11) is 0. The smallest absolute Gasteiger partial charge is 0.00986 e. The lowest BCUT2D eigenvalue weighted by Gasteiger charge is -2.45. The normalized spacial score (nSPS) is 45.3. The zero-order valence-corrected chi connectivity index (χ0v) is 15.3. The molecule has 0 aromatic heterocycles. The Labute approximate surface area is 138 Å². The van der Waals surface area contributed by atoms with Gasteiger partial charge in [-0.15, -0.1) is 0 Å². The summed E-state index contributed by atoms with van der Waals surface area (Å²) < 4.78 is 0. The quantitative estimate of drug-likeness (QED) is 0.813. The molecule has 2 heteroatoms. The zero-order chi connectivity index (χ0) is 15.7. The predicted octanol–water partition coefficient (Wildman–Crippen LogP) is 4.20. The molecule has 3 fully saturated rings. The van der Waals surface area contributed by atoms with Gasteiger partial charge in [-0.2, -0.15) is 0 Å². The van der Waals surface area contributed by atoms with Crippen LogP contribution in [0.2, 0.25) is 0 Å². The highest BCUT2D eigenvalue weighted by Crippen LogP contribution is 2.47. The molecule has 2 saturated heterocycles. The van der Waals surface area contributed by atoms with E-state index in [4.69, 9.17) is 0 Å². The van der Waals surface area contributed by atoms with E-state index in [-0.39, 0.29) is 0 Å². The van der Waals surface area contributed by atoms with Gasteiger partial charge in [-0.25, -0.2) is 0 Å². The third-order valence-electron chi connectivity index (χ3n) is 7.50. The molecular formula is C20H38N2. The van der Waals surface area contributed by atoms with Crippen molar-refractivity contribution in [2.75, 3.05) is 6.54 Å². The Hall–Kier alpha value is -0.0800. The lowest BCUT2D eigenvalue weighted by molar-refractivity contribution is 0.0619. The van der Waals surface area contributed by atoms with Gasteiger partial charge in [-0.3, -0.25) is 0 Å². The fourth-order valence-electron chi connectivity index (χ4n) is 5.98. The second-order valence-corrected chi connectivity index (χ2v) is 8.67. The first kappa shape index (κ1) is 16.8. The number of hydrogen-bond donors (Lipinski definition) is 2. The van der Waals surface area contributed by atoms with Crippen molar-refractivity contribution >= 4 is 0 Å². The Kier molecular flexibility index (Phi) is 5.50. The van der Waals surface area contributed by atoms with Crippen molar-refractivity contribution in [2.24, 2.45) is 29.6 Å². The Balaban J connectivity index is 1.63. The predicted molar refractivity (Wildman–Crippen MR) is 95.0 cm³/mol. The first-order valence-electron chi connectivity index (χ1n) is 10.1. The van der Waals surface area contributed by atoms with Crippen LogP contribution in [0.5, 0.6) is 0 Å². The molecule has 22 heavy (non-hydrogen) atoms. The molecule has 1 aliphatic carbocycles. The Morgan fingerprint density at radius 3 is 2.45 bits per heavy atom. The molecule has 0 spiro atoms. The van der Waals surface area contributed by atoms with Crippen molar-refractivity contribution in [1.29, 1.82) is 0 Å². The molecule has 2 heterocycles. The summed E-state index contributed by atoms with van der Waals surface area (Å²) in [5.41, 5.74) is 0. The largest absolute Gasteiger partial charge is 0.314 e. The highest BCUT2D eigenvalue weighted by molar-refractivity contribution is 4.98. The highest BCUT2D eigenvalue weighted by Gasteiger charge is 2.44. The Morgan fingerprint density at radius 2 is 1.82 bits per heavy atom. The molecule has 1 saturated carbocycles. The van der Waals surface area contributed by atoms with Crippen molar-refractivity contribution in [1.82, 2.24) is 10.6 Å². The lowest BCUT2D eigenvalue weighted by atomic mass is 9.62. The summed E-state index contributed by atoms with van der Waals surface area (Å²) >= 11 is 0. The van der Waals surface area contributed by atoms with Gasteiger partial charge in [0.15, 0.2) is 0 Å². The van der Waals surface area contributed by atoms with E-state index in [1.807, 2.05) is 0 Å². The maximum atomic E-state index is 4.06. The minimum Gasteiger partial charge on any atom is -0.314 e. The summed E-state index contributed by atoms with van der Waals surface area (Å²) in [6, 6.07) is 2.24. The van der Waals surface area contributed by atoms with Crippen LogP contribution in [0.25, 0.3) is 0 Å². The van der Waals surface area contributed by atoms with Crippen LogP contribution in [-0.4, -0.2) is 24.7 Å². The average Bonchev–Trinajstić information content (AvgIpc) is 2.65. The summed E-state index contributed by atoms with van der Waals surface area (Å²) in [6.07, 6.45) is 9.86. The number of rotatable bonds is 4. The Bertz CT molecular complexity index is 350. The van der Waals surface area contributed by atoms with E-state index < -0.39 is 0 Å². The van der Waals surface area contributed by atoms with Gasteiger partial charge in [0.25, 0.3) is 0 Å². The molecule has 2 N–H and O–H groups in total. The van der Waals surface area contributed by atoms with Crippen LogP contribution in [0.4, 0.5) is 0 Å². The van der Waals surface area contributed by atoms with Gasteiger partial charge in [-0.05, 0) is 75.2 Å². The minimum absolute atomic E-state index is 0.730. The second-order valence-electron chi connectivity index (χ2n) is 8.67. The molecule has 8 unspecified atom stereocenters. The van der Waals surface area contributed by atoms with Crippen LogP contribution in [-0.2, 0) is 0 Å². The molecular weight excluding hydrogens is 268 g/mol. The maximum absolute atomic E-state index is 4.06. The SMILES string of the molecule is CCC(C1CCCCN1)C(C)C1CCC2C(C)CC2C(C)N1. The standard InChI is InChI=1S/C20H38N2/c1-5-16(20-8-6-7-11-21-20)14(3)19-10-9-17-13(2)12-18(17)15(4)22-19/h13-22H,5-12H2,1-4H3. The number of fused-ring (bicyclic) bond motifs is 1. The summed E-state index contributed by atoms with van der Waals surface area (Å²) in [5, 5.41) is 7.88. The molecule has 0 aromatic rings. The monoisotopic (exact) mass is 306 g/mol. The van der Waals surface area contributed by atoms with Crippen molar-refractivity contribution in [3.8, 4) is 0 Å². The molecule has 0 aromatic carbocycles. The fraction of sp³-hybridized carbons (Fsp3) is 1.00. The molecule has 3 rings (SSSR count). The van der Waals surface area contributed by atoms with Crippen molar-refractivity contribution in [3.05, 3.63) is 0 Å². The molecule has 2 nitrogen and oxygen atoms in total.